The van der Waals surface area contributed by atoms with Crippen molar-refractivity contribution in [3.8, 4) is 0 Å². The van der Waals surface area contributed by atoms with Gasteiger partial charge in [0.15, 0.2) is 0 Å². The average molecular weight is 325 g/mol. The molecule has 0 aromatic carbocycles. The molecule has 0 aromatic heterocycles. The van der Waals surface area contributed by atoms with E-state index in [2.05, 4.69) is 39.5 Å². The van der Waals surface area contributed by atoms with Crippen molar-refractivity contribution in [1.82, 2.24) is 4.90 Å². The normalized spacial score (nSPS) is 18.6. The maximum atomic E-state index is 10.4. The summed E-state index contributed by atoms with van der Waals surface area (Å²) in [5, 5.41) is 10.4. The predicted molar refractivity (Wildman–Crippen MR) is 101 cm³/mol. The number of aliphatic imine (C=N–C) groups is 1. The van der Waals surface area contributed by atoms with Gasteiger partial charge in [0.05, 0.1) is 5.54 Å². The van der Waals surface area contributed by atoms with Crippen LogP contribution in [0.2, 0.25) is 0 Å². The van der Waals surface area contributed by atoms with Crippen LogP contribution in [0.25, 0.3) is 0 Å². The molecule has 3 nitrogen and oxygen atoms in total. The molecule has 0 radical (unpaired) electrons. The summed E-state index contributed by atoms with van der Waals surface area (Å²) in [5.41, 5.74) is -0.0511. The van der Waals surface area contributed by atoms with Gasteiger partial charge in [-0.3, -0.25) is 4.99 Å². The van der Waals surface area contributed by atoms with Crippen LogP contribution >= 0.6 is 0 Å². The van der Waals surface area contributed by atoms with Gasteiger partial charge in [-0.2, -0.15) is 0 Å². The molecule has 1 unspecified atom stereocenters. The van der Waals surface area contributed by atoms with Crippen molar-refractivity contribution in [2.45, 2.75) is 111 Å². The van der Waals surface area contributed by atoms with Gasteiger partial charge in [0.25, 0.3) is 0 Å². The van der Waals surface area contributed by atoms with E-state index < -0.39 is 6.23 Å². The number of nitrogens with zero attached hydrogens (tertiary/aromatic N) is 2. The first-order chi connectivity index (χ1) is 10.9. The van der Waals surface area contributed by atoms with Crippen LogP contribution < -0.4 is 0 Å². The Bertz CT molecular complexity index is 350. The number of rotatable bonds is 12. The molecule has 1 aliphatic rings. The van der Waals surface area contributed by atoms with Gasteiger partial charge in [-0.15, -0.1) is 0 Å². The Morgan fingerprint density at radius 2 is 1.52 bits per heavy atom. The van der Waals surface area contributed by atoms with Gasteiger partial charge < -0.3 is 10.0 Å². The molecule has 3 heteroatoms. The van der Waals surface area contributed by atoms with Crippen LogP contribution in [0.5, 0.6) is 0 Å². The van der Waals surface area contributed by atoms with E-state index in [9.17, 15) is 5.11 Å². The zero-order valence-corrected chi connectivity index (χ0v) is 16.3. The van der Waals surface area contributed by atoms with Crippen LogP contribution in [0.1, 0.15) is 98.8 Å². The molecule has 0 saturated carbocycles. The van der Waals surface area contributed by atoms with E-state index in [4.69, 9.17) is 4.99 Å². The van der Waals surface area contributed by atoms with E-state index in [0.717, 1.165) is 18.8 Å². The Morgan fingerprint density at radius 1 is 1.00 bits per heavy atom. The van der Waals surface area contributed by atoms with Gasteiger partial charge in [-0.1, -0.05) is 72.1 Å². The highest BCUT2D eigenvalue weighted by Crippen LogP contribution is 2.26. The molecule has 136 valence electrons. The minimum absolute atomic E-state index is 0.0511. The van der Waals surface area contributed by atoms with Crippen molar-refractivity contribution in [1.29, 1.82) is 0 Å². The van der Waals surface area contributed by atoms with Crippen LogP contribution in [0.4, 0.5) is 0 Å². The minimum Gasteiger partial charge on any atom is -0.373 e. The largest absolute Gasteiger partial charge is 0.373 e. The number of amidine groups is 1. The molecule has 0 aliphatic carbocycles. The summed E-state index contributed by atoms with van der Waals surface area (Å²) >= 11 is 0. The molecular weight excluding hydrogens is 284 g/mol. The van der Waals surface area contributed by atoms with Gasteiger partial charge in [-0.05, 0) is 26.2 Å². The summed E-state index contributed by atoms with van der Waals surface area (Å²) in [6.45, 7) is 11.6. The van der Waals surface area contributed by atoms with Crippen LogP contribution in [-0.4, -0.2) is 34.2 Å². The fraction of sp³-hybridized carbons (Fsp3) is 0.950. The zero-order valence-electron chi connectivity index (χ0n) is 16.3. The van der Waals surface area contributed by atoms with Gasteiger partial charge in [0.2, 0.25) is 0 Å². The van der Waals surface area contributed by atoms with E-state index in [1.807, 2.05) is 0 Å². The lowest BCUT2D eigenvalue weighted by Crippen LogP contribution is -2.43. The third-order valence-corrected chi connectivity index (χ3v) is 4.74. The first-order valence-corrected chi connectivity index (χ1v) is 9.91. The average Bonchev–Trinajstić information content (AvgIpc) is 2.79. The molecule has 1 N–H and O–H groups in total. The smallest absolute Gasteiger partial charge is 0.130 e. The monoisotopic (exact) mass is 324 g/mol. The quantitative estimate of drug-likeness (QED) is 0.490. The number of hydrogen-bond donors (Lipinski definition) is 1. The lowest BCUT2D eigenvalue weighted by atomic mass is 10.1. The number of unbranched alkanes of at least 4 members (excludes halogenated alkanes) is 8. The Morgan fingerprint density at radius 3 is 2.04 bits per heavy atom. The Hall–Kier alpha value is -0.570. The standard InChI is InChI=1S/C20H40N2O/c1-6-7-8-9-10-11-12-13-14-15-18-21-20(4,5)16-22(18)19(23)17(2)3/h17,19,23H,6-16H2,1-5H3. The Labute approximate surface area is 144 Å². The molecule has 0 fully saturated rings. The van der Waals surface area contributed by atoms with E-state index in [1.165, 1.54) is 57.8 Å². The highest BCUT2D eigenvalue weighted by molar-refractivity contribution is 5.84. The molecule has 0 spiro atoms. The molecule has 0 bridgehead atoms. The minimum atomic E-state index is -0.394. The Kier molecular flexibility index (Phi) is 9.19. The molecular formula is C20H40N2O. The maximum absolute atomic E-state index is 10.4. The highest BCUT2D eigenvalue weighted by Gasteiger charge is 2.34. The second-order valence-corrected chi connectivity index (χ2v) is 8.20. The number of aliphatic hydroxyl groups is 1. The van der Waals surface area contributed by atoms with Gasteiger partial charge in [-0.25, -0.2) is 0 Å². The maximum Gasteiger partial charge on any atom is 0.130 e. The van der Waals surface area contributed by atoms with Crippen LogP contribution in [0.3, 0.4) is 0 Å². The molecule has 0 saturated heterocycles. The number of hydrogen-bond acceptors (Lipinski definition) is 3. The third kappa shape index (κ3) is 7.69. The number of aliphatic hydroxyl groups excluding tert-OH is 1. The van der Waals surface area contributed by atoms with Crippen molar-refractivity contribution < 1.29 is 5.11 Å². The van der Waals surface area contributed by atoms with Gasteiger partial charge in [0.1, 0.15) is 12.1 Å². The first-order valence-electron chi connectivity index (χ1n) is 9.91. The van der Waals surface area contributed by atoms with E-state index in [0.29, 0.717) is 0 Å². The second-order valence-electron chi connectivity index (χ2n) is 8.20. The lowest BCUT2D eigenvalue weighted by Gasteiger charge is -2.30. The third-order valence-electron chi connectivity index (χ3n) is 4.74. The Balaban J connectivity index is 2.24. The van der Waals surface area contributed by atoms with Crippen molar-refractivity contribution in [2.24, 2.45) is 10.9 Å². The summed E-state index contributed by atoms with van der Waals surface area (Å²) in [5.74, 6) is 1.37. The molecule has 1 aliphatic heterocycles. The molecule has 1 rings (SSSR count). The topological polar surface area (TPSA) is 35.8 Å². The summed E-state index contributed by atoms with van der Waals surface area (Å²) in [6.07, 6.45) is 12.8. The van der Waals surface area contributed by atoms with Gasteiger partial charge >= 0.3 is 0 Å². The fourth-order valence-corrected chi connectivity index (χ4v) is 3.36. The van der Waals surface area contributed by atoms with E-state index >= 15 is 0 Å². The zero-order chi connectivity index (χ0) is 17.3. The molecule has 0 amide bonds. The van der Waals surface area contributed by atoms with Crippen molar-refractivity contribution in [2.75, 3.05) is 6.54 Å². The molecule has 0 aromatic rings. The van der Waals surface area contributed by atoms with Crippen LogP contribution in [0, 0.1) is 5.92 Å². The highest BCUT2D eigenvalue weighted by atomic mass is 16.3. The van der Waals surface area contributed by atoms with E-state index in [-0.39, 0.29) is 11.5 Å². The second kappa shape index (κ2) is 10.3. The van der Waals surface area contributed by atoms with E-state index in [1.54, 1.807) is 0 Å². The SMILES string of the molecule is CCCCCCCCCCCC1=NC(C)(C)CN1C(O)C(C)C. The van der Waals surface area contributed by atoms with Crippen molar-refractivity contribution >= 4 is 5.84 Å². The summed E-state index contributed by atoms with van der Waals surface area (Å²) < 4.78 is 0. The van der Waals surface area contributed by atoms with Crippen molar-refractivity contribution in [3.63, 3.8) is 0 Å². The van der Waals surface area contributed by atoms with Crippen LogP contribution in [-0.2, 0) is 0 Å². The van der Waals surface area contributed by atoms with Gasteiger partial charge in [0, 0.05) is 13.0 Å². The lowest BCUT2D eigenvalue weighted by molar-refractivity contribution is 0.0129. The summed E-state index contributed by atoms with van der Waals surface area (Å²) in [6, 6.07) is 0. The fourth-order valence-electron chi connectivity index (χ4n) is 3.36. The summed E-state index contributed by atoms with van der Waals surface area (Å²) in [4.78, 5) is 6.99. The van der Waals surface area contributed by atoms with Crippen LogP contribution in [0.15, 0.2) is 4.99 Å². The predicted octanol–water partition coefficient (Wildman–Crippen LogP) is 5.37. The summed E-state index contributed by atoms with van der Waals surface area (Å²) in [7, 11) is 0. The molecule has 1 atom stereocenters. The molecule has 23 heavy (non-hydrogen) atoms. The first kappa shape index (κ1) is 20.5. The van der Waals surface area contributed by atoms with Crippen molar-refractivity contribution in [3.05, 3.63) is 0 Å². The molecule has 1 heterocycles.